The summed E-state index contributed by atoms with van der Waals surface area (Å²) in [4.78, 5) is 25.6. The van der Waals surface area contributed by atoms with Gasteiger partial charge in [0.25, 0.3) is 11.8 Å². The van der Waals surface area contributed by atoms with Crippen molar-refractivity contribution in [3.8, 4) is 0 Å². The number of hydrogen-bond acceptors (Lipinski definition) is 5. The third-order valence-electron chi connectivity index (χ3n) is 4.62. The Kier molecular flexibility index (Phi) is 6.89. The van der Waals surface area contributed by atoms with Crippen LogP contribution < -0.4 is 10.6 Å². The standard InChI is InChI=1S/C22H23N3O4S2/c1-15(2)25(3)31(28,29)19-10-4-7-16(13-19)21(26)23-17-8-5-9-18(14-17)24-22(27)20-11-6-12-30-20/h4-15H,1-3H3,(H,23,26)(H,24,27). The van der Waals surface area contributed by atoms with Crippen LogP contribution in [0.25, 0.3) is 0 Å². The summed E-state index contributed by atoms with van der Waals surface area (Å²) in [5.41, 5.74) is 1.22. The highest BCUT2D eigenvalue weighted by Crippen LogP contribution is 2.21. The molecule has 0 saturated heterocycles. The van der Waals surface area contributed by atoms with Gasteiger partial charge in [-0.2, -0.15) is 4.31 Å². The molecule has 3 rings (SSSR count). The van der Waals surface area contributed by atoms with E-state index in [0.29, 0.717) is 16.3 Å². The molecule has 0 aliphatic carbocycles. The number of rotatable bonds is 7. The van der Waals surface area contributed by atoms with Crippen molar-refractivity contribution < 1.29 is 18.0 Å². The summed E-state index contributed by atoms with van der Waals surface area (Å²) in [6.07, 6.45) is 0. The van der Waals surface area contributed by atoms with Gasteiger partial charge in [0.05, 0.1) is 9.77 Å². The van der Waals surface area contributed by atoms with Crippen molar-refractivity contribution in [1.82, 2.24) is 4.31 Å². The number of carbonyl (C=O) groups excluding carboxylic acids is 2. The van der Waals surface area contributed by atoms with Gasteiger partial charge in [-0.1, -0.05) is 18.2 Å². The van der Waals surface area contributed by atoms with Crippen LogP contribution in [0.3, 0.4) is 0 Å². The molecule has 0 radical (unpaired) electrons. The summed E-state index contributed by atoms with van der Waals surface area (Å²) < 4.78 is 26.7. The lowest BCUT2D eigenvalue weighted by Gasteiger charge is -2.21. The first-order chi connectivity index (χ1) is 14.7. The molecule has 0 saturated carbocycles. The van der Waals surface area contributed by atoms with Gasteiger partial charge in [-0.25, -0.2) is 8.42 Å². The van der Waals surface area contributed by atoms with Gasteiger partial charge < -0.3 is 10.6 Å². The average molecular weight is 458 g/mol. The second-order valence-corrected chi connectivity index (χ2v) is 10.1. The summed E-state index contributed by atoms with van der Waals surface area (Å²) in [5, 5.41) is 7.34. The van der Waals surface area contributed by atoms with E-state index in [-0.39, 0.29) is 22.4 Å². The zero-order valence-electron chi connectivity index (χ0n) is 17.3. The third-order valence-corrected chi connectivity index (χ3v) is 7.52. The number of thiophene rings is 1. The highest BCUT2D eigenvalue weighted by atomic mass is 32.2. The zero-order chi connectivity index (χ0) is 22.6. The fourth-order valence-electron chi connectivity index (χ4n) is 2.72. The molecular weight excluding hydrogens is 434 g/mol. The van der Waals surface area contributed by atoms with Gasteiger partial charge in [0.15, 0.2) is 0 Å². The number of sulfonamides is 1. The number of carbonyl (C=O) groups is 2. The van der Waals surface area contributed by atoms with E-state index in [1.807, 2.05) is 5.38 Å². The van der Waals surface area contributed by atoms with E-state index in [2.05, 4.69) is 10.6 Å². The fourth-order valence-corrected chi connectivity index (χ4v) is 4.75. The summed E-state index contributed by atoms with van der Waals surface area (Å²) in [6, 6.07) is 16.0. The van der Waals surface area contributed by atoms with Crippen LogP contribution in [0.5, 0.6) is 0 Å². The van der Waals surface area contributed by atoms with E-state index < -0.39 is 15.9 Å². The predicted octanol–water partition coefficient (Wildman–Crippen LogP) is 4.28. The van der Waals surface area contributed by atoms with Crippen LogP contribution in [0, 0.1) is 0 Å². The lowest BCUT2D eigenvalue weighted by atomic mass is 10.2. The molecular formula is C22H23N3O4S2. The Balaban J connectivity index is 1.76. The normalized spacial score (nSPS) is 11.5. The number of anilines is 2. The summed E-state index contributed by atoms with van der Waals surface area (Å²) in [7, 11) is -2.20. The van der Waals surface area contributed by atoms with Gasteiger partial charge in [-0.3, -0.25) is 9.59 Å². The third kappa shape index (κ3) is 5.38. The van der Waals surface area contributed by atoms with Gasteiger partial charge in [-0.15, -0.1) is 11.3 Å². The number of nitrogens with zero attached hydrogens (tertiary/aromatic N) is 1. The summed E-state index contributed by atoms with van der Waals surface area (Å²) in [5.74, 6) is -0.684. The maximum Gasteiger partial charge on any atom is 0.265 e. The number of hydrogen-bond donors (Lipinski definition) is 2. The van der Waals surface area contributed by atoms with E-state index in [0.717, 1.165) is 0 Å². The van der Waals surface area contributed by atoms with Crippen LogP contribution in [0.4, 0.5) is 11.4 Å². The first-order valence-electron chi connectivity index (χ1n) is 9.53. The van der Waals surface area contributed by atoms with Gasteiger partial charge in [0.2, 0.25) is 10.0 Å². The van der Waals surface area contributed by atoms with Crippen LogP contribution >= 0.6 is 11.3 Å². The molecule has 0 aliphatic rings. The summed E-state index contributed by atoms with van der Waals surface area (Å²) in [6.45, 7) is 3.55. The van der Waals surface area contributed by atoms with Crippen LogP contribution in [-0.2, 0) is 10.0 Å². The minimum Gasteiger partial charge on any atom is -0.322 e. The molecule has 1 heterocycles. The van der Waals surface area contributed by atoms with E-state index in [4.69, 9.17) is 0 Å². The molecule has 0 atom stereocenters. The maximum absolute atomic E-state index is 12.7. The molecule has 0 spiro atoms. The van der Waals surface area contributed by atoms with Crippen molar-refractivity contribution in [2.75, 3.05) is 17.7 Å². The Bertz CT molecular complexity index is 1190. The Hall–Kier alpha value is -3.01. The molecule has 2 amide bonds. The lowest BCUT2D eigenvalue weighted by Crippen LogP contribution is -2.33. The van der Waals surface area contributed by atoms with Crippen LogP contribution in [0.15, 0.2) is 70.9 Å². The Labute approximate surface area is 185 Å². The van der Waals surface area contributed by atoms with Gasteiger partial charge >= 0.3 is 0 Å². The first kappa shape index (κ1) is 22.7. The molecule has 2 N–H and O–H groups in total. The number of benzene rings is 2. The molecule has 0 bridgehead atoms. The Morgan fingerprint density at radius 1 is 0.903 bits per heavy atom. The monoisotopic (exact) mass is 457 g/mol. The predicted molar refractivity (Wildman–Crippen MR) is 123 cm³/mol. The van der Waals surface area contributed by atoms with Crippen molar-refractivity contribution in [1.29, 1.82) is 0 Å². The van der Waals surface area contributed by atoms with E-state index in [1.54, 1.807) is 56.3 Å². The minimum atomic E-state index is -3.70. The molecule has 162 valence electrons. The van der Waals surface area contributed by atoms with Gasteiger partial charge in [-0.05, 0) is 61.7 Å². The van der Waals surface area contributed by atoms with Crippen LogP contribution in [-0.4, -0.2) is 37.6 Å². The number of nitrogens with one attached hydrogen (secondary N) is 2. The molecule has 1 aromatic heterocycles. The first-order valence-corrected chi connectivity index (χ1v) is 11.8. The fraction of sp³-hybridized carbons (Fsp3) is 0.182. The second kappa shape index (κ2) is 9.42. The lowest BCUT2D eigenvalue weighted by molar-refractivity contribution is 0.102. The summed E-state index contributed by atoms with van der Waals surface area (Å²) >= 11 is 1.33. The molecule has 9 heteroatoms. The zero-order valence-corrected chi connectivity index (χ0v) is 19.0. The molecule has 0 aliphatic heterocycles. The van der Waals surface area contributed by atoms with E-state index in [1.165, 1.54) is 40.9 Å². The highest BCUT2D eigenvalue weighted by Gasteiger charge is 2.24. The highest BCUT2D eigenvalue weighted by molar-refractivity contribution is 7.89. The Morgan fingerprint density at radius 2 is 1.55 bits per heavy atom. The van der Waals surface area contributed by atoms with Crippen LogP contribution in [0.2, 0.25) is 0 Å². The van der Waals surface area contributed by atoms with Crippen molar-refractivity contribution >= 4 is 44.5 Å². The molecule has 2 aromatic carbocycles. The van der Waals surface area contributed by atoms with Crippen LogP contribution in [0.1, 0.15) is 33.9 Å². The maximum atomic E-state index is 12.7. The minimum absolute atomic E-state index is 0.0494. The smallest absolute Gasteiger partial charge is 0.265 e. The number of amides is 2. The van der Waals surface area contributed by atoms with Crippen molar-refractivity contribution in [3.63, 3.8) is 0 Å². The topological polar surface area (TPSA) is 95.6 Å². The average Bonchev–Trinajstić information content (AvgIpc) is 3.28. The molecule has 0 fully saturated rings. The Morgan fingerprint density at radius 3 is 2.16 bits per heavy atom. The van der Waals surface area contributed by atoms with Crippen molar-refractivity contribution in [2.24, 2.45) is 0 Å². The quantitative estimate of drug-likeness (QED) is 0.553. The van der Waals surface area contributed by atoms with Crippen molar-refractivity contribution in [2.45, 2.75) is 24.8 Å². The SMILES string of the molecule is CC(C)N(C)S(=O)(=O)c1cccc(C(=O)Nc2cccc(NC(=O)c3cccs3)c2)c1. The van der Waals surface area contributed by atoms with Gasteiger partial charge in [0.1, 0.15) is 0 Å². The van der Waals surface area contributed by atoms with E-state index in [9.17, 15) is 18.0 Å². The van der Waals surface area contributed by atoms with Crippen molar-refractivity contribution in [3.05, 3.63) is 76.5 Å². The molecule has 31 heavy (non-hydrogen) atoms. The molecule has 0 unspecified atom stereocenters. The molecule has 7 nitrogen and oxygen atoms in total. The van der Waals surface area contributed by atoms with E-state index >= 15 is 0 Å². The molecule has 3 aromatic rings. The largest absolute Gasteiger partial charge is 0.322 e. The van der Waals surface area contributed by atoms with Gasteiger partial charge in [0, 0.05) is 30.0 Å². The second-order valence-electron chi connectivity index (χ2n) is 7.11.